The van der Waals surface area contributed by atoms with Gasteiger partial charge in [0, 0.05) is 31.8 Å². The number of rotatable bonds is 2. The molecule has 0 bridgehead atoms. The highest BCUT2D eigenvalue weighted by Gasteiger charge is 2.30. The number of ether oxygens (including phenoxy) is 1. The van der Waals surface area contributed by atoms with Crippen molar-refractivity contribution in [2.24, 2.45) is 0 Å². The van der Waals surface area contributed by atoms with Crippen LogP contribution >= 0.6 is 0 Å². The summed E-state index contributed by atoms with van der Waals surface area (Å²) in [6.07, 6.45) is 0.757. The first-order chi connectivity index (χ1) is 11.7. The van der Waals surface area contributed by atoms with E-state index >= 15 is 0 Å². The number of hydrogen-bond donors (Lipinski definition) is 1. The number of benzene rings is 1. The molecule has 3 amide bonds. The molecule has 134 valence electrons. The Hall–Kier alpha value is -2.83. The van der Waals surface area contributed by atoms with E-state index in [1.807, 2.05) is 26.8 Å². The van der Waals surface area contributed by atoms with Gasteiger partial charge in [-0.3, -0.25) is 14.5 Å². The van der Waals surface area contributed by atoms with Crippen molar-refractivity contribution in [2.75, 3.05) is 13.1 Å². The molecule has 0 aliphatic carbocycles. The van der Waals surface area contributed by atoms with Crippen molar-refractivity contribution in [1.29, 1.82) is 0 Å². The van der Waals surface area contributed by atoms with E-state index in [2.05, 4.69) is 5.32 Å². The monoisotopic (exact) mass is 345 g/mol. The molecule has 7 heteroatoms. The number of nitrogens with one attached hydrogen (secondary N) is 1. The van der Waals surface area contributed by atoms with Crippen LogP contribution in [0.25, 0.3) is 0 Å². The fourth-order valence-electron chi connectivity index (χ4n) is 2.31. The van der Waals surface area contributed by atoms with Crippen LogP contribution in [-0.4, -0.2) is 46.3 Å². The zero-order valence-corrected chi connectivity index (χ0v) is 14.9. The minimum atomic E-state index is -0.601. The molecule has 0 unspecified atom stereocenters. The normalized spacial score (nSPS) is 14.6. The summed E-state index contributed by atoms with van der Waals surface area (Å²) in [5, 5.41) is 2.80. The predicted molar refractivity (Wildman–Crippen MR) is 92.5 cm³/mol. The largest absolute Gasteiger partial charge is 0.419 e. The van der Waals surface area contributed by atoms with Crippen molar-refractivity contribution >= 4 is 17.9 Å². The predicted octanol–water partition coefficient (Wildman–Crippen LogP) is 2.11. The van der Waals surface area contributed by atoms with Gasteiger partial charge in [-0.05, 0) is 32.9 Å². The van der Waals surface area contributed by atoms with Crippen molar-refractivity contribution in [3.05, 3.63) is 42.2 Å². The molecule has 7 nitrogen and oxygen atoms in total. The minimum Gasteiger partial charge on any atom is -0.410 e. The van der Waals surface area contributed by atoms with Gasteiger partial charge >= 0.3 is 6.09 Å². The van der Waals surface area contributed by atoms with Gasteiger partial charge in [-0.15, -0.1) is 0 Å². The zero-order chi connectivity index (χ0) is 18.6. The molecule has 0 spiro atoms. The fraction of sp³-hybridized carbons (Fsp3) is 0.389. The first-order valence-electron chi connectivity index (χ1n) is 8.03. The Labute approximate surface area is 147 Å². The smallest absolute Gasteiger partial charge is 0.410 e. The molecule has 1 aliphatic heterocycles. The molecule has 0 saturated carbocycles. The molecule has 0 atom stereocenters. The number of carbonyl (C=O) groups excluding carboxylic acids is 3. The maximum Gasteiger partial charge on any atom is 0.419 e. The Morgan fingerprint density at radius 2 is 1.72 bits per heavy atom. The highest BCUT2D eigenvalue weighted by Crippen LogP contribution is 2.17. The van der Waals surface area contributed by atoms with Crippen LogP contribution < -0.4 is 10.1 Å². The quantitative estimate of drug-likeness (QED) is 0.890. The Morgan fingerprint density at radius 1 is 1.08 bits per heavy atom. The van der Waals surface area contributed by atoms with E-state index in [4.69, 9.17) is 4.74 Å². The summed E-state index contributed by atoms with van der Waals surface area (Å²) in [6.45, 7) is 7.38. The van der Waals surface area contributed by atoms with Crippen molar-refractivity contribution < 1.29 is 19.1 Å². The van der Waals surface area contributed by atoms with Crippen LogP contribution in [0.1, 0.15) is 27.7 Å². The summed E-state index contributed by atoms with van der Waals surface area (Å²) >= 11 is 0. The lowest BCUT2D eigenvalue weighted by Gasteiger charge is -2.33. The Balaban J connectivity index is 2.21. The average molecular weight is 345 g/mol. The molecule has 0 radical (unpaired) electrons. The second kappa shape index (κ2) is 7.38. The lowest BCUT2D eigenvalue weighted by atomic mass is 10.1. The van der Waals surface area contributed by atoms with Crippen molar-refractivity contribution in [2.45, 2.75) is 33.2 Å². The number of hydrogen-bond acceptors (Lipinski definition) is 4. The van der Waals surface area contributed by atoms with Crippen molar-refractivity contribution in [1.82, 2.24) is 15.1 Å². The van der Waals surface area contributed by atoms with Crippen molar-refractivity contribution in [3.8, 4) is 5.75 Å². The molecule has 0 saturated heterocycles. The minimum absolute atomic E-state index is 0.124. The van der Waals surface area contributed by atoms with Gasteiger partial charge in [-0.25, -0.2) is 4.79 Å². The van der Waals surface area contributed by atoms with E-state index in [1.165, 1.54) is 22.9 Å². The molecule has 0 aromatic heterocycles. The molecule has 1 aliphatic rings. The van der Waals surface area contributed by atoms with Crippen LogP contribution in [-0.2, 0) is 9.59 Å². The van der Waals surface area contributed by atoms with Gasteiger partial charge in [0.2, 0.25) is 5.91 Å². The van der Waals surface area contributed by atoms with Crippen LogP contribution in [0.2, 0.25) is 0 Å². The van der Waals surface area contributed by atoms with Crippen LogP contribution in [0.3, 0.4) is 0 Å². The second-order valence-electron chi connectivity index (χ2n) is 6.76. The molecule has 25 heavy (non-hydrogen) atoms. The zero-order valence-electron chi connectivity index (χ0n) is 14.9. The maximum atomic E-state index is 12.5. The van der Waals surface area contributed by atoms with Crippen LogP contribution in [0.4, 0.5) is 4.79 Å². The van der Waals surface area contributed by atoms with E-state index in [0.717, 1.165) is 0 Å². The van der Waals surface area contributed by atoms with Gasteiger partial charge in [-0.1, -0.05) is 18.2 Å². The summed E-state index contributed by atoms with van der Waals surface area (Å²) < 4.78 is 5.29. The van der Waals surface area contributed by atoms with E-state index in [1.54, 1.807) is 24.3 Å². The Morgan fingerprint density at radius 3 is 2.28 bits per heavy atom. The van der Waals surface area contributed by atoms with Crippen LogP contribution in [0, 0.1) is 0 Å². The third kappa shape index (κ3) is 5.07. The van der Waals surface area contributed by atoms with E-state index in [-0.39, 0.29) is 24.7 Å². The van der Waals surface area contributed by atoms with Crippen molar-refractivity contribution in [3.63, 3.8) is 0 Å². The molecular weight excluding hydrogens is 322 g/mol. The summed E-state index contributed by atoms with van der Waals surface area (Å²) in [4.78, 5) is 39.3. The first kappa shape index (κ1) is 18.5. The van der Waals surface area contributed by atoms with E-state index in [9.17, 15) is 14.4 Å². The number of carbonyl (C=O) groups is 3. The van der Waals surface area contributed by atoms with Crippen LogP contribution in [0.5, 0.6) is 5.75 Å². The fourth-order valence-corrected chi connectivity index (χ4v) is 2.31. The van der Waals surface area contributed by atoms with Gasteiger partial charge < -0.3 is 15.0 Å². The van der Waals surface area contributed by atoms with E-state index in [0.29, 0.717) is 5.75 Å². The van der Waals surface area contributed by atoms with Gasteiger partial charge in [0.25, 0.3) is 5.91 Å². The van der Waals surface area contributed by atoms with E-state index < -0.39 is 17.5 Å². The maximum absolute atomic E-state index is 12.5. The molecular formula is C18H23N3O4. The second-order valence-corrected chi connectivity index (χ2v) is 6.76. The third-order valence-electron chi connectivity index (χ3n) is 3.42. The number of nitrogens with zero attached hydrogens (tertiary/aromatic N) is 2. The molecule has 1 aromatic rings. The number of para-hydroxylation sites is 1. The van der Waals surface area contributed by atoms with Gasteiger partial charge in [-0.2, -0.15) is 0 Å². The summed E-state index contributed by atoms with van der Waals surface area (Å²) in [5.41, 5.74) is -0.341. The van der Waals surface area contributed by atoms with Gasteiger partial charge in [0.15, 0.2) is 0 Å². The standard InChI is InChI=1S/C18H23N3O4/c1-13(22)21-11-10-20(12-15(21)16(23)19-18(2,3)4)17(24)25-14-8-6-5-7-9-14/h5-9,12H,10-11H2,1-4H3,(H,19,23). The third-order valence-corrected chi connectivity index (χ3v) is 3.42. The summed E-state index contributed by atoms with van der Waals surface area (Å²) in [7, 11) is 0. The molecule has 1 heterocycles. The Kier molecular flexibility index (Phi) is 5.46. The van der Waals surface area contributed by atoms with Gasteiger partial charge in [0.05, 0.1) is 0 Å². The molecule has 1 aromatic carbocycles. The lowest BCUT2D eigenvalue weighted by molar-refractivity contribution is -0.131. The first-order valence-corrected chi connectivity index (χ1v) is 8.03. The molecule has 2 rings (SSSR count). The highest BCUT2D eigenvalue weighted by atomic mass is 16.6. The highest BCUT2D eigenvalue weighted by molar-refractivity contribution is 5.98. The lowest BCUT2D eigenvalue weighted by Crippen LogP contribution is -2.50. The Bertz CT molecular complexity index is 692. The SMILES string of the molecule is CC(=O)N1CCN(C(=O)Oc2ccccc2)C=C1C(=O)NC(C)(C)C. The number of amides is 3. The molecule has 1 N–H and O–H groups in total. The summed E-state index contributed by atoms with van der Waals surface area (Å²) in [6, 6.07) is 8.67. The van der Waals surface area contributed by atoms with Crippen LogP contribution in [0.15, 0.2) is 42.2 Å². The average Bonchev–Trinajstić information content (AvgIpc) is 2.53. The summed E-state index contributed by atoms with van der Waals surface area (Å²) in [5.74, 6) is -0.262. The van der Waals surface area contributed by atoms with Gasteiger partial charge in [0.1, 0.15) is 11.4 Å². The molecule has 0 fully saturated rings. The topological polar surface area (TPSA) is 79.0 Å².